The van der Waals surface area contributed by atoms with Crippen molar-refractivity contribution in [2.75, 3.05) is 26.2 Å². The number of aliphatic hydroxyl groups excluding tert-OH is 1. The van der Waals surface area contributed by atoms with Gasteiger partial charge in [-0.25, -0.2) is 0 Å². The van der Waals surface area contributed by atoms with E-state index in [1.165, 1.54) is 12.8 Å². The Bertz CT molecular complexity index is 553. The SMILES string of the molecule is CC1(C)OB(c2ccc(OC[C@H](O)CN3CCCC3)cc2)OC1(C)C. The Morgan fingerprint density at radius 1 is 1.08 bits per heavy atom. The highest BCUT2D eigenvalue weighted by Crippen LogP contribution is 2.36. The van der Waals surface area contributed by atoms with E-state index in [0.717, 1.165) is 24.3 Å². The first-order valence-corrected chi connectivity index (χ1v) is 9.26. The molecule has 2 fully saturated rings. The Labute approximate surface area is 151 Å². The van der Waals surface area contributed by atoms with Gasteiger partial charge in [0.25, 0.3) is 0 Å². The van der Waals surface area contributed by atoms with Crippen LogP contribution in [0.15, 0.2) is 24.3 Å². The topological polar surface area (TPSA) is 51.2 Å². The molecule has 2 aliphatic rings. The Morgan fingerprint density at radius 2 is 1.64 bits per heavy atom. The molecule has 5 nitrogen and oxygen atoms in total. The number of nitrogens with zero attached hydrogens (tertiary/aromatic N) is 1. The summed E-state index contributed by atoms with van der Waals surface area (Å²) in [5.74, 6) is 0.751. The molecule has 0 saturated carbocycles. The maximum atomic E-state index is 10.1. The molecule has 0 bridgehead atoms. The van der Waals surface area contributed by atoms with Crippen molar-refractivity contribution in [1.82, 2.24) is 4.90 Å². The fourth-order valence-corrected chi connectivity index (χ4v) is 3.21. The van der Waals surface area contributed by atoms with E-state index in [-0.39, 0.29) is 18.3 Å². The quantitative estimate of drug-likeness (QED) is 0.796. The van der Waals surface area contributed by atoms with Crippen LogP contribution in [0.3, 0.4) is 0 Å². The van der Waals surface area contributed by atoms with Crippen LogP contribution in [0.2, 0.25) is 0 Å². The van der Waals surface area contributed by atoms with Crippen LogP contribution in [0, 0.1) is 0 Å². The highest BCUT2D eigenvalue weighted by Gasteiger charge is 2.51. The number of hydrogen-bond donors (Lipinski definition) is 1. The van der Waals surface area contributed by atoms with E-state index < -0.39 is 6.10 Å². The molecule has 1 aromatic carbocycles. The standard InChI is InChI=1S/C19H30BNO4/c1-18(2)19(3,4)25-20(24-18)15-7-9-17(10-8-15)23-14-16(22)13-21-11-5-6-12-21/h7-10,16,22H,5-6,11-14H2,1-4H3/t16-/m1/s1. The van der Waals surface area contributed by atoms with Crippen molar-refractivity contribution in [2.24, 2.45) is 0 Å². The van der Waals surface area contributed by atoms with Crippen LogP contribution >= 0.6 is 0 Å². The van der Waals surface area contributed by atoms with Gasteiger partial charge in [-0.3, -0.25) is 0 Å². The summed E-state index contributed by atoms with van der Waals surface area (Å²) in [5, 5.41) is 10.1. The van der Waals surface area contributed by atoms with Crippen molar-refractivity contribution < 1.29 is 19.2 Å². The molecule has 0 aliphatic carbocycles. The van der Waals surface area contributed by atoms with E-state index in [1.54, 1.807) is 0 Å². The van der Waals surface area contributed by atoms with E-state index in [2.05, 4.69) is 4.90 Å². The minimum Gasteiger partial charge on any atom is -0.491 e. The molecule has 0 radical (unpaired) electrons. The van der Waals surface area contributed by atoms with Gasteiger partial charge in [-0.05, 0) is 71.2 Å². The van der Waals surface area contributed by atoms with Gasteiger partial charge in [0.2, 0.25) is 0 Å². The number of ether oxygens (including phenoxy) is 1. The monoisotopic (exact) mass is 347 g/mol. The molecule has 2 heterocycles. The summed E-state index contributed by atoms with van der Waals surface area (Å²) in [5.41, 5.74) is 0.294. The zero-order valence-electron chi connectivity index (χ0n) is 15.8. The third kappa shape index (κ3) is 4.37. The van der Waals surface area contributed by atoms with Crippen LogP contribution in [0.4, 0.5) is 0 Å². The van der Waals surface area contributed by atoms with Crippen LogP contribution < -0.4 is 10.2 Å². The highest BCUT2D eigenvalue weighted by atomic mass is 16.7. The molecule has 2 saturated heterocycles. The van der Waals surface area contributed by atoms with E-state index in [4.69, 9.17) is 14.0 Å². The lowest BCUT2D eigenvalue weighted by atomic mass is 9.79. The van der Waals surface area contributed by atoms with E-state index in [0.29, 0.717) is 13.2 Å². The fraction of sp³-hybridized carbons (Fsp3) is 0.684. The van der Waals surface area contributed by atoms with Crippen molar-refractivity contribution in [1.29, 1.82) is 0 Å². The third-order valence-corrected chi connectivity index (χ3v) is 5.52. The van der Waals surface area contributed by atoms with Gasteiger partial charge in [-0.2, -0.15) is 0 Å². The summed E-state index contributed by atoms with van der Waals surface area (Å²) in [6, 6.07) is 7.74. The molecule has 6 heteroatoms. The second-order valence-electron chi connectivity index (χ2n) is 8.13. The lowest BCUT2D eigenvalue weighted by Crippen LogP contribution is -2.41. The second kappa shape index (κ2) is 7.27. The van der Waals surface area contributed by atoms with Crippen molar-refractivity contribution >= 4 is 12.6 Å². The van der Waals surface area contributed by atoms with Gasteiger partial charge in [0, 0.05) is 6.54 Å². The van der Waals surface area contributed by atoms with Crippen LogP contribution in [-0.2, 0) is 9.31 Å². The average Bonchev–Trinajstić information content (AvgIpc) is 3.12. The number of hydrogen-bond acceptors (Lipinski definition) is 5. The number of rotatable bonds is 6. The van der Waals surface area contributed by atoms with Crippen LogP contribution in [-0.4, -0.2) is 60.7 Å². The minimum absolute atomic E-state index is 0.312. The average molecular weight is 347 g/mol. The maximum Gasteiger partial charge on any atom is 0.494 e. The Hall–Kier alpha value is -1.08. The third-order valence-electron chi connectivity index (χ3n) is 5.52. The second-order valence-corrected chi connectivity index (χ2v) is 8.13. The Balaban J connectivity index is 1.51. The summed E-state index contributed by atoms with van der Waals surface area (Å²) in [6.45, 7) is 11.4. The van der Waals surface area contributed by atoms with Gasteiger partial charge in [0.15, 0.2) is 0 Å². The van der Waals surface area contributed by atoms with Crippen molar-refractivity contribution in [3.05, 3.63) is 24.3 Å². The summed E-state index contributed by atoms with van der Waals surface area (Å²) in [6.07, 6.45) is 2.00. The summed E-state index contributed by atoms with van der Waals surface area (Å²) >= 11 is 0. The fourth-order valence-electron chi connectivity index (χ4n) is 3.21. The Morgan fingerprint density at radius 3 is 2.20 bits per heavy atom. The van der Waals surface area contributed by atoms with Gasteiger partial charge in [0.05, 0.1) is 11.2 Å². The predicted molar refractivity (Wildman–Crippen MR) is 99.3 cm³/mol. The van der Waals surface area contributed by atoms with Crippen molar-refractivity contribution in [3.8, 4) is 5.75 Å². The van der Waals surface area contributed by atoms with Gasteiger partial charge < -0.3 is 24.1 Å². The molecule has 0 aromatic heterocycles. The molecule has 0 amide bonds. The van der Waals surface area contributed by atoms with Crippen LogP contribution in [0.25, 0.3) is 0 Å². The van der Waals surface area contributed by atoms with Gasteiger partial charge >= 0.3 is 7.12 Å². The van der Waals surface area contributed by atoms with Crippen LogP contribution in [0.1, 0.15) is 40.5 Å². The minimum atomic E-state index is -0.458. The highest BCUT2D eigenvalue weighted by molar-refractivity contribution is 6.62. The number of aliphatic hydroxyl groups is 1. The predicted octanol–water partition coefficient (Wildman–Crippen LogP) is 1.82. The maximum absolute atomic E-state index is 10.1. The van der Waals surface area contributed by atoms with Crippen molar-refractivity contribution in [3.63, 3.8) is 0 Å². The Kier molecular flexibility index (Phi) is 5.44. The normalized spacial score (nSPS) is 23.8. The van der Waals surface area contributed by atoms with Crippen molar-refractivity contribution in [2.45, 2.75) is 57.8 Å². The largest absolute Gasteiger partial charge is 0.494 e. The smallest absolute Gasteiger partial charge is 0.491 e. The number of β-amino-alcohol motifs (C(OH)–C–C–N with tert-alkyl or cyclic N) is 1. The number of likely N-dealkylation sites (tertiary alicyclic amines) is 1. The summed E-state index contributed by atoms with van der Waals surface area (Å²) in [7, 11) is -0.361. The van der Waals surface area contributed by atoms with E-state index in [9.17, 15) is 5.11 Å². The molecule has 2 aliphatic heterocycles. The zero-order chi connectivity index (χ0) is 18.1. The molecule has 138 valence electrons. The summed E-state index contributed by atoms with van der Waals surface area (Å²) < 4.78 is 17.8. The zero-order valence-corrected chi connectivity index (χ0v) is 15.8. The van der Waals surface area contributed by atoms with E-state index >= 15 is 0 Å². The molecule has 25 heavy (non-hydrogen) atoms. The van der Waals surface area contributed by atoms with Gasteiger partial charge in [-0.15, -0.1) is 0 Å². The van der Waals surface area contributed by atoms with E-state index in [1.807, 2.05) is 52.0 Å². The molecule has 0 unspecified atom stereocenters. The molecule has 1 atom stereocenters. The lowest BCUT2D eigenvalue weighted by molar-refractivity contribution is 0.00578. The van der Waals surface area contributed by atoms with Gasteiger partial charge in [0.1, 0.15) is 18.5 Å². The van der Waals surface area contributed by atoms with Gasteiger partial charge in [-0.1, -0.05) is 12.1 Å². The molecular weight excluding hydrogens is 317 g/mol. The molecule has 3 rings (SSSR count). The lowest BCUT2D eigenvalue weighted by Gasteiger charge is -2.32. The molecule has 0 spiro atoms. The molecular formula is C19H30BNO4. The van der Waals surface area contributed by atoms with Crippen LogP contribution in [0.5, 0.6) is 5.75 Å². The first-order chi connectivity index (χ1) is 11.8. The number of benzene rings is 1. The first kappa shape index (κ1) is 18.7. The first-order valence-electron chi connectivity index (χ1n) is 9.26. The molecule has 1 aromatic rings. The molecule has 1 N–H and O–H groups in total. The summed E-state index contributed by atoms with van der Waals surface area (Å²) in [4.78, 5) is 2.29.